The molecule has 0 heterocycles. The summed E-state index contributed by atoms with van der Waals surface area (Å²) in [5.41, 5.74) is -0.515. The Morgan fingerprint density at radius 1 is 1.26 bits per heavy atom. The average Bonchev–Trinajstić information content (AvgIpc) is 2.46. The first kappa shape index (κ1) is 16.6. The number of hydrogen-bond acceptors (Lipinski definition) is 4. The molecular formula is C14H9ClF2N2O4. The van der Waals surface area contributed by atoms with Crippen LogP contribution in [0.5, 0.6) is 5.75 Å². The monoisotopic (exact) mass is 342 g/mol. The highest BCUT2D eigenvalue weighted by Gasteiger charge is 2.20. The van der Waals surface area contributed by atoms with Gasteiger partial charge in [-0.1, -0.05) is 17.7 Å². The molecule has 2 aromatic carbocycles. The van der Waals surface area contributed by atoms with Crippen molar-refractivity contribution in [3.8, 4) is 5.75 Å². The van der Waals surface area contributed by atoms with Crippen LogP contribution in [0.1, 0.15) is 10.4 Å². The molecule has 0 atom stereocenters. The molecule has 23 heavy (non-hydrogen) atoms. The molecule has 0 unspecified atom stereocenters. The first-order valence-corrected chi connectivity index (χ1v) is 6.55. The van der Waals surface area contributed by atoms with Crippen LogP contribution >= 0.6 is 11.6 Å². The zero-order valence-electron chi connectivity index (χ0n) is 11.3. The van der Waals surface area contributed by atoms with Crippen LogP contribution < -0.4 is 10.1 Å². The van der Waals surface area contributed by atoms with Gasteiger partial charge in [-0.15, -0.1) is 0 Å². The number of anilines is 1. The number of nitrogens with zero attached hydrogens (tertiary/aromatic N) is 1. The summed E-state index contributed by atoms with van der Waals surface area (Å²) in [5.74, 6) is -1.31. The lowest BCUT2D eigenvalue weighted by molar-refractivity contribution is -0.384. The van der Waals surface area contributed by atoms with E-state index in [1.807, 2.05) is 0 Å². The largest absolute Gasteiger partial charge is 0.434 e. The first-order valence-electron chi connectivity index (χ1n) is 6.17. The number of amides is 1. The van der Waals surface area contributed by atoms with Crippen LogP contribution in [0.2, 0.25) is 5.02 Å². The van der Waals surface area contributed by atoms with E-state index in [2.05, 4.69) is 10.1 Å². The lowest BCUT2D eigenvalue weighted by atomic mass is 10.1. The average molecular weight is 343 g/mol. The van der Waals surface area contributed by atoms with Gasteiger partial charge in [-0.2, -0.15) is 8.78 Å². The molecule has 6 nitrogen and oxygen atoms in total. The van der Waals surface area contributed by atoms with Crippen molar-refractivity contribution in [3.05, 3.63) is 63.2 Å². The lowest BCUT2D eigenvalue weighted by Crippen LogP contribution is -2.15. The molecule has 0 fully saturated rings. The Hall–Kier alpha value is -2.74. The van der Waals surface area contributed by atoms with Crippen molar-refractivity contribution in [2.45, 2.75) is 6.61 Å². The molecular weight excluding hydrogens is 334 g/mol. The van der Waals surface area contributed by atoms with Gasteiger partial charge in [0, 0.05) is 22.8 Å². The van der Waals surface area contributed by atoms with E-state index in [9.17, 15) is 23.7 Å². The fourth-order valence-corrected chi connectivity index (χ4v) is 1.96. The molecule has 0 bridgehead atoms. The van der Waals surface area contributed by atoms with Gasteiger partial charge < -0.3 is 10.1 Å². The van der Waals surface area contributed by atoms with Crippen LogP contribution in [-0.4, -0.2) is 17.4 Å². The molecule has 0 aliphatic rings. The minimum atomic E-state index is -3.17. The molecule has 0 aliphatic carbocycles. The highest BCUT2D eigenvalue weighted by molar-refractivity contribution is 6.31. The summed E-state index contributed by atoms with van der Waals surface area (Å²) in [4.78, 5) is 22.2. The fraction of sp³-hybridized carbons (Fsp3) is 0.0714. The van der Waals surface area contributed by atoms with Crippen molar-refractivity contribution in [3.63, 3.8) is 0 Å². The quantitative estimate of drug-likeness (QED) is 0.655. The number of ether oxygens (including phenoxy) is 1. The molecule has 2 rings (SSSR count). The van der Waals surface area contributed by atoms with E-state index in [-0.39, 0.29) is 5.56 Å². The SMILES string of the molecule is O=C(Nc1cccc(Cl)c1)c1cc([N+](=O)[O-])ccc1OC(F)F. The van der Waals surface area contributed by atoms with Crippen LogP contribution in [0.15, 0.2) is 42.5 Å². The van der Waals surface area contributed by atoms with Crippen molar-refractivity contribution < 1.29 is 23.2 Å². The van der Waals surface area contributed by atoms with Gasteiger partial charge in [0.1, 0.15) is 5.75 Å². The number of halogens is 3. The van der Waals surface area contributed by atoms with E-state index in [0.717, 1.165) is 18.2 Å². The molecule has 0 saturated heterocycles. The zero-order valence-corrected chi connectivity index (χ0v) is 12.1. The van der Waals surface area contributed by atoms with E-state index in [0.29, 0.717) is 10.7 Å². The van der Waals surface area contributed by atoms with E-state index < -0.39 is 28.9 Å². The van der Waals surface area contributed by atoms with Gasteiger partial charge in [-0.05, 0) is 24.3 Å². The number of nitro groups is 1. The van der Waals surface area contributed by atoms with Crippen molar-refractivity contribution in [2.24, 2.45) is 0 Å². The van der Waals surface area contributed by atoms with E-state index in [4.69, 9.17) is 11.6 Å². The number of carbonyl (C=O) groups excluding carboxylic acids is 1. The molecule has 0 aliphatic heterocycles. The van der Waals surface area contributed by atoms with E-state index in [1.54, 1.807) is 12.1 Å². The van der Waals surface area contributed by atoms with Gasteiger partial charge in [0.25, 0.3) is 11.6 Å². The number of benzene rings is 2. The number of alkyl halides is 2. The Labute approximate surface area is 133 Å². The highest BCUT2D eigenvalue weighted by Crippen LogP contribution is 2.27. The van der Waals surface area contributed by atoms with Crippen molar-refractivity contribution in [2.75, 3.05) is 5.32 Å². The molecule has 2 aromatic rings. The second-order valence-corrected chi connectivity index (χ2v) is 4.72. The van der Waals surface area contributed by atoms with Crippen LogP contribution in [0.3, 0.4) is 0 Å². The van der Waals surface area contributed by atoms with Crippen LogP contribution in [0.25, 0.3) is 0 Å². The number of carbonyl (C=O) groups is 1. The number of nitrogens with one attached hydrogen (secondary N) is 1. The standard InChI is InChI=1S/C14H9ClF2N2O4/c15-8-2-1-3-9(6-8)18-13(20)11-7-10(19(21)22)4-5-12(11)23-14(16)17/h1-7,14H,(H,18,20). The third-order valence-electron chi connectivity index (χ3n) is 2.72. The number of nitro benzene ring substituents is 1. The zero-order chi connectivity index (χ0) is 17.0. The predicted molar refractivity (Wildman–Crippen MR) is 79.1 cm³/mol. The Bertz CT molecular complexity index is 755. The number of hydrogen-bond donors (Lipinski definition) is 1. The van der Waals surface area contributed by atoms with Gasteiger partial charge in [0.15, 0.2) is 0 Å². The second kappa shape index (κ2) is 7.01. The minimum absolute atomic E-state index is 0.303. The van der Waals surface area contributed by atoms with Gasteiger partial charge in [0.05, 0.1) is 10.5 Å². The number of rotatable bonds is 5. The van der Waals surface area contributed by atoms with E-state index in [1.165, 1.54) is 12.1 Å². The molecule has 0 radical (unpaired) electrons. The van der Waals surface area contributed by atoms with Crippen molar-refractivity contribution in [1.82, 2.24) is 0 Å². The fourth-order valence-electron chi connectivity index (χ4n) is 1.77. The Kier molecular flexibility index (Phi) is 5.07. The van der Waals surface area contributed by atoms with Gasteiger partial charge in [-0.25, -0.2) is 0 Å². The maximum absolute atomic E-state index is 12.4. The molecule has 1 N–H and O–H groups in total. The summed E-state index contributed by atoms with van der Waals surface area (Å²) in [6, 6.07) is 8.87. The molecule has 0 saturated carbocycles. The molecule has 0 spiro atoms. The molecule has 0 aromatic heterocycles. The third-order valence-corrected chi connectivity index (χ3v) is 2.95. The van der Waals surface area contributed by atoms with Crippen LogP contribution in [0, 0.1) is 10.1 Å². The highest BCUT2D eigenvalue weighted by atomic mass is 35.5. The van der Waals surface area contributed by atoms with Crippen molar-refractivity contribution >= 4 is 28.9 Å². The van der Waals surface area contributed by atoms with E-state index >= 15 is 0 Å². The molecule has 120 valence electrons. The van der Waals surface area contributed by atoms with Gasteiger partial charge in [0.2, 0.25) is 0 Å². The van der Waals surface area contributed by atoms with Crippen LogP contribution in [0.4, 0.5) is 20.2 Å². The summed E-state index contributed by atoms with van der Waals surface area (Å²) < 4.78 is 29.0. The Morgan fingerprint density at radius 3 is 2.61 bits per heavy atom. The van der Waals surface area contributed by atoms with Crippen LogP contribution in [-0.2, 0) is 0 Å². The molecule has 9 heteroatoms. The topological polar surface area (TPSA) is 81.5 Å². The minimum Gasteiger partial charge on any atom is -0.434 e. The predicted octanol–water partition coefficient (Wildman–Crippen LogP) is 4.10. The normalized spacial score (nSPS) is 10.4. The Balaban J connectivity index is 2.35. The summed E-state index contributed by atoms with van der Waals surface area (Å²) in [5, 5.41) is 13.5. The molecule has 1 amide bonds. The number of non-ortho nitro benzene ring substituents is 1. The Morgan fingerprint density at radius 2 is 2.00 bits per heavy atom. The summed E-state index contributed by atoms with van der Waals surface area (Å²) in [6.45, 7) is -3.17. The third kappa shape index (κ3) is 4.36. The first-order chi connectivity index (χ1) is 10.9. The lowest BCUT2D eigenvalue weighted by Gasteiger charge is -2.11. The van der Waals surface area contributed by atoms with Crippen molar-refractivity contribution in [1.29, 1.82) is 0 Å². The summed E-state index contributed by atoms with van der Waals surface area (Å²) in [6.07, 6.45) is 0. The smallest absolute Gasteiger partial charge is 0.387 e. The summed E-state index contributed by atoms with van der Waals surface area (Å²) >= 11 is 5.78. The maximum Gasteiger partial charge on any atom is 0.387 e. The van der Waals surface area contributed by atoms with Gasteiger partial charge in [-0.3, -0.25) is 14.9 Å². The summed E-state index contributed by atoms with van der Waals surface area (Å²) in [7, 11) is 0. The maximum atomic E-state index is 12.4. The second-order valence-electron chi connectivity index (χ2n) is 4.28. The van der Waals surface area contributed by atoms with Gasteiger partial charge >= 0.3 is 6.61 Å².